The molecule has 0 amide bonds. The van der Waals surface area contributed by atoms with Gasteiger partial charge in [0, 0.05) is 18.1 Å². The molecule has 0 unspecified atom stereocenters. The number of nitrogens with zero attached hydrogens (tertiary/aromatic N) is 2. The molecular weight excluding hydrogens is 274 g/mol. The van der Waals surface area contributed by atoms with Gasteiger partial charge in [0.05, 0.1) is 11.1 Å². The van der Waals surface area contributed by atoms with Gasteiger partial charge < -0.3 is 0 Å². The van der Waals surface area contributed by atoms with Gasteiger partial charge in [-0.1, -0.05) is 17.7 Å². The molecule has 0 aliphatic heterocycles. The molecule has 0 spiro atoms. The molecule has 0 aliphatic carbocycles. The maximum atomic E-state index is 12.1. The normalized spacial score (nSPS) is 11.5. The van der Waals surface area contributed by atoms with Crippen LogP contribution in [0.25, 0.3) is 0 Å². The average molecular weight is 286 g/mol. The first-order valence-corrected chi connectivity index (χ1v) is 7.03. The van der Waals surface area contributed by atoms with Gasteiger partial charge in [-0.05, 0) is 24.6 Å². The Balaban J connectivity index is 2.37. The van der Waals surface area contributed by atoms with Gasteiger partial charge in [0.2, 0.25) is 0 Å². The molecule has 18 heavy (non-hydrogen) atoms. The third kappa shape index (κ3) is 2.49. The number of nitrogens with one attached hydrogen (secondary N) is 1. The molecule has 0 saturated heterocycles. The summed E-state index contributed by atoms with van der Waals surface area (Å²) in [4.78, 5) is 0.124. The van der Waals surface area contributed by atoms with E-state index >= 15 is 0 Å². The maximum Gasteiger partial charge on any atom is 0.263 e. The molecule has 1 aromatic carbocycles. The van der Waals surface area contributed by atoms with Crippen molar-refractivity contribution in [1.29, 1.82) is 0 Å². The minimum Gasteiger partial charge on any atom is -0.264 e. The van der Waals surface area contributed by atoms with Gasteiger partial charge >= 0.3 is 0 Å². The lowest BCUT2D eigenvalue weighted by atomic mass is 10.2. The van der Waals surface area contributed by atoms with Crippen LogP contribution in [0.3, 0.4) is 0 Å². The number of benzene rings is 1. The van der Waals surface area contributed by atoms with E-state index in [-0.39, 0.29) is 4.90 Å². The van der Waals surface area contributed by atoms with E-state index in [0.29, 0.717) is 10.8 Å². The quantitative estimate of drug-likeness (QED) is 0.940. The third-order valence-electron chi connectivity index (χ3n) is 2.51. The predicted octanol–water partition coefficient (Wildman–Crippen LogP) is 2.18. The van der Waals surface area contributed by atoms with Crippen molar-refractivity contribution < 1.29 is 8.42 Å². The Hall–Kier alpha value is -1.53. The monoisotopic (exact) mass is 285 g/mol. The average Bonchev–Trinajstić information content (AvgIpc) is 2.67. The smallest absolute Gasteiger partial charge is 0.263 e. The summed E-state index contributed by atoms with van der Waals surface area (Å²) in [7, 11) is -1.99. The molecule has 0 saturated carbocycles. The molecule has 5 nitrogen and oxygen atoms in total. The van der Waals surface area contributed by atoms with Gasteiger partial charge in [-0.25, -0.2) is 8.42 Å². The number of aryl methyl sites for hydroxylation is 2. The lowest BCUT2D eigenvalue weighted by Crippen LogP contribution is -2.15. The Morgan fingerprint density at radius 2 is 2.06 bits per heavy atom. The summed E-state index contributed by atoms with van der Waals surface area (Å²) in [6.07, 6.45) is 1.51. The first-order chi connectivity index (χ1) is 8.40. The molecule has 0 atom stereocenters. The fourth-order valence-electron chi connectivity index (χ4n) is 1.41. The highest BCUT2D eigenvalue weighted by atomic mass is 35.5. The van der Waals surface area contributed by atoms with E-state index in [9.17, 15) is 8.42 Å². The van der Waals surface area contributed by atoms with E-state index < -0.39 is 10.0 Å². The van der Waals surface area contributed by atoms with Crippen molar-refractivity contribution in [2.75, 3.05) is 4.72 Å². The Morgan fingerprint density at radius 3 is 2.61 bits per heavy atom. The second kappa shape index (κ2) is 4.62. The Labute approximate surface area is 110 Å². The minimum atomic E-state index is -3.64. The summed E-state index contributed by atoms with van der Waals surface area (Å²) in [5.74, 6) is 0.395. The van der Waals surface area contributed by atoms with E-state index in [1.807, 2.05) is 6.92 Å². The van der Waals surface area contributed by atoms with Crippen LogP contribution in [0.1, 0.15) is 5.56 Å². The number of anilines is 1. The SMILES string of the molecule is Cc1ccc(S(=O)(=O)Nc2ccnn2C)cc1Cl. The topological polar surface area (TPSA) is 64.0 Å². The van der Waals surface area contributed by atoms with Crippen LogP contribution in [-0.4, -0.2) is 18.2 Å². The lowest BCUT2D eigenvalue weighted by molar-refractivity contribution is 0.600. The second-order valence-corrected chi connectivity index (χ2v) is 5.95. The number of hydrogen-bond donors (Lipinski definition) is 1. The highest BCUT2D eigenvalue weighted by Crippen LogP contribution is 2.21. The molecule has 96 valence electrons. The van der Waals surface area contributed by atoms with Gasteiger partial charge in [0.25, 0.3) is 10.0 Å². The van der Waals surface area contributed by atoms with Crippen molar-refractivity contribution >= 4 is 27.4 Å². The van der Waals surface area contributed by atoms with Gasteiger partial charge in [0.1, 0.15) is 5.82 Å². The molecule has 7 heteroatoms. The van der Waals surface area contributed by atoms with Crippen LogP contribution in [0.4, 0.5) is 5.82 Å². The number of aromatic nitrogens is 2. The van der Waals surface area contributed by atoms with Crippen LogP contribution >= 0.6 is 11.6 Å². The van der Waals surface area contributed by atoms with Crippen LogP contribution in [0, 0.1) is 6.92 Å². The van der Waals surface area contributed by atoms with Crippen LogP contribution in [0.5, 0.6) is 0 Å². The zero-order valence-corrected chi connectivity index (χ0v) is 11.5. The van der Waals surface area contributed by atoms with Crippen molar-refractivity contribution in [2.45, 2.75) is 11.8 Å². The fourth-order valence-corrected chi connectivity index (χ4v) is 2.77. The van der Waals surface area contributed by atoms with Gasteiger partial charge in [-0.15, -0.1) is 0 Å². The van der Waals surface area contributed by atoms with Gasteiger partial charge in [-0.2, -0.15) is 5.10 Å². The third-order valence-corrected chi connectivity index (χ3v) is 4.27. The largest absolute Gasteiger partial charge is 0.264 e. The van der Waals surface area contributed by atoms with Crippen molar-refractivity contribution in [1.82, 2.24) is 9.78 Å². The maximum absolute atomic E-state index is 12.1. The van der Waals surface area contributed by atoms with E-state index in [1.54, 1.807) is 19.2 Å². The number of sulfonamides is 1. The highest BCUT2D eigenvalue weighted by molar-refractivity contribution is 7.92. The van der Waals surface area contributed by atoms with Crippen LogP contribution < -0.4 is 4.72 Å². The summed E-state index contributed by atoms with van der Waals surface area (Å²) in [6.45, 7) is 1.81. The molecule has 1 N–H and O–H groups in total. The fraction of sp³-hybridized carbons (Fsp3) is 0.182. The van der Waals surface area contributed by atoms with Crippen LogP contribution in [0.15, 0.2) is 35.4 Å². The molecular formula is C11H12ClN3O2S. The Morgan fingerprint density at radius 1 is 1.33 bits per heavy atom. The van der Waals surface area contributed by atoms with Crippen LogP contribution in [0.2, 0.25) is 5.02 Å². The Bertz CT molecular complexity index is 679. The van der Waals surface area contributed by atoms with Crippen molar-refractivity contribution in [2.24, 2.45) is 7.05 Å². The molecule has 0 radical (unpaired) electrons. The van der Waals surface area contributed by atoms with E-state index in [2.05, 4.69) is 9.82 Å². The Kier molecular flexibility index (Phi) is 3.32. The van der Waals surface area contributed by atoms with E-state index in [4.69, 9.17) is 11.6 Å². The molecule has 0 fully saturated rings. The summed E-state index contributed by atoms with van der Waals surface area (Å²) in [5, 5.41) is 4.31. The number of rotatable bonds is 3. The van der Waals surface area contributed by atoms with Crippen molar-refractivity contribution in [3.8, 4) is 0 Å². The highest BCUT2D eigenvalue weighted by Gasteiger charge is 2.16. The summed E-state index contributed by atoms with van der Waals surface area (Å²) in [5.41, 5.74) is 0.830. The number of halogens is 1. The summed E-state index contributed by atoms with van der Waals surface area (Å²) in [6, 6.07) is 6.18. The first-order valence-electron chi connectivity index (χ1n) is 5.17. The van der Waals surface area contributed by atoms with E-state index in [0.717, 1.165) is 5.56 Å². The minimum absolute atomic E-state index is 0.124. The van der Waals surface area contributed by atoms with Crippen LogP contribution in [-0.2, 0) is 17.1 Å². The van der Waals surface area contributed by atoms with Gasteiger partial charge in [-0.3, -0.25) is 9.40 Å². The second-order valence-electron chi connectivity index (χ2n) is 3.86. The molecule has 2 aromatic rings. The summed E-state index contributed by atoms with van der Waals surface area (Å²) < 4.78 is 28.1. The van der Waals surface area contributed by atoms with Crippen molar-refractivity contribution in [3.05, 3.63) is 41.0 Å². The standard InChI is InChI=1S/C11H12ClN3O2S/c1-8-3-4-9(7-10(8)12)18(16,17)14-11-5-6-13-15(11)2/h3-7,14H,1-2H3. The summed E-state index contributed by atoms with van der Waals surface area (Å²) >= 11 is 5.92. The lowest BCUT2D eigenvalue weighted by Gasteiger charge is -2.09. The van der Waals surface area contributed by atoms with Crippen molar-refractivity contribution in [3.63, 3.8) is 0 Å². The molecule has 0 bridgehead atoms. The van der Waals surface area contributed by atoms with E-state index in [1.165, 1.54) is 23.0 Å². The first kappa shape index (κ1) is 12.9. The molecule has 2 rings (SSSR count). The zero-order valence-electron chi connectivity index (χ0n) is 9.88. The number of hydrogen-bond acceptors (Lipinski definition) is 3. The molecule has 1 aromatic heterocycles. The zero-order chi connectivity index (χ0) is 13.3. The molecule has 0 aliphatic rings. The molecule has 1 heterocycles. The predicted molar refractivity (Wildman–Crippen MR) is 70.2 cm³/mol. The van der Waals surface area contributed by atoms with Gasteiger partial charge in [0.15, 0.2) is 0 Å².